The van der Waals surface area contributed by atoms with Crippen molar-refractivity contribution in [2.24, 2.45) is 5.73 Å². The maximum Gasteiger partial charge on any atom is 0.159 e. The zero-order valence-corrected chi connectivity index (χ0v) is 18.4. The second-order valence-electron chi connectivity index (χ2n) is 6.72. The topological polar surface area (TPSA) is 47.3 Å². The normalized spacial score (nSPS) is 12.3. The fourth-order valence-electron chi connectivity index (χ4n) is 3.21. The van der Waals surface area contributed by atoms with E-state index in [0.717, 1.165) is 28.5 Å². The van der Waals surface area contributed by atoms with Crippen molar-refractivity contribution in [2.45, 2.75) is 25.6 Å². The summed E-state index contributed by atoms with van der Waals surface area (Å²) < 4.78 is 32.2. The Bertz CT molecular complexity index is 939. The van der Waals surface area contributed by atoms with Crippen LogP contribution in [0, 0.1) is 11.6 Å². The molecule has 2 atom stereocenters. The number of hydrogen-bond donors (Lipinski definition) is 2. The van der Waals surface area contributed by atoms with E-state index in [9.17, 15) is 8.78 Å². The first-order valence-electron chi connectivity index (χ1n) is 9.15. The van der Waals surface area contributed by atoms with E-state index in [1.807, 2.05) is 49.4 Å². The molecule has 0 aromatic heterocycles. The Balaban J connectivity index is 0.00000225. The number of rotatable bonds is 7. The molecule has 2 unspecified atom stereocenters. The summed E-state index contributed by atoms with van der Waals surface area (Å²) in [5, 5.41) is 3.53. The van der Waals surface area contributed by atoms with Crippen molar-refractivity contribution in [3.05, 3.63) is 101 Å². The van der Waals surface area contributed by atoms with Gasteiger partial charge in [-0.3, -0.25) is 5.32 Å². The average molecular weight is 455 g/mol. The third kappa shape index (κ3) is 6.16. The van der Waals surface area contributed by atoms with Crippen LogP contribution in [-0.2, 0) is 6.54 Å². The van der Waals surface area contributed by atoms with Crippen LogP contribution in [0.3, 0.4) is 0 Å². The second kappa shape index (κ2) is 11.9. The average Bonchev–Trinajstić information content (AvgIpc) is 2.74. The predicted octanol–water partition coefficient (Wildman–Crippen LogP) is 5.72. The third-order valence-electron chi connectivity index (χ3n) is 4.83. The van der Waals surface area contributed by atoms with Gasteiger partial charge in [-0.15, -0.1) is 24.8 Å². The van der Waals surface area contributed by atoms with Gasteiger partial charge in [0.1, 0.15) is 5.75 Å². The number of methoxy groups -OCH3 is 1. The summed E-state index contributed by atoms with van der Waals surface area (Å²) in [4.78, 5) is 0. The lowest BCUT2D eigenvalue weighted by molar-refractivity contribution is 0.414. The van der Waals surface area contributed by atoms with Crippen molar-refractivity contribution in [1.82, 2.24) is 5.32 Å². The van der Waals surface area contributed by atoms with Crippen LogP contribution < -0.4 is 15.8 Å². The van der Waals surface area contributed by atoms with Crippen molar-refractivity contribution >= 4 is 24.8 Å². The minimum absolute atomic E-state index is 0. The highest BCUT2D eigenvalue weighted by Crippen LogP contribution is 2.28. The lowest BCUT2D eigenvalue weighted by Crippen LogP contribution is -2.26. The van der Waals surface area contributed by atoms with Crippen molar-refractivity contribution in [1.29, 1.82) is 0 Å². The Morgan fingerprint density at radius 1 is 0.867 bits per heavy atom. The van der Waals surface area contributed by atoms with Crippen LogP contribution in [0.4, 0.5) is 8.78 Å². The number of ether oxygens (including phenoxy) is 1. The molecule has 0 saturated carbocycles. The summed E-state index contributed by atoms with van der Waals surface area (Å²) in [5.41, 5.74) is 9.58. The van der Waals surface area contributed by atoms with Gasteiger partial charge in [0.2, 0.25) is 0 Å². The molecule has 0 aliphatic rings. The summed E-state index contributed by atoms with van der Waals surface area (Å²) in [6, 6.07) is 19.4. The SMILES string of the molecule is COc1ccc(C(NC(C)c2ccc(F)c(F)c2)c2cccc(CN)c2)cc1.Cl.Cl. The van der Waals surface area contributed by atoms with E-state index in [1.54, 1.807) is 13.2 Å². The van der Waals surface area contributed by atoms with Gasteiger partial charge < -0.3 is 10.5 Å². The minimum atomic E-state index is -0.850. The monoisotopic (exact) mass is 454 g/mol. The molecule has 7 heteroatoms. The van der Waals surface area contributed by atoms with Crippen molar-refractivity contribution in [3.8, 4) is 5.75 Å². The molecule has 3 nitrogen and oxygen atoms in total. The molecule has 0 aliphatic carbocycles. The van der Waals surface area contributed by atoms with E-state index >= 15 is 0 Å². The third-order valence-corrected chi connectivity index (χ3v) is 4.83. The smallest absolute Gasteiger partial charge is 0.159 e. The maximum atomic E-state index is 13.7. The van der Waals surface area contributed by atoms with Gasteiger partial charge in [0.15, 0.2) is 11.6 Å². The highest BCUT2D eigenvalue weighted by atomic mass is 35.5. The first kappa shape index (κ1) is 25.9. The van der Waals surface area contributed by atoms with Gasteiger partial charge in [-0.25, -0.2) is 8.78 Å². The van der Waals surface area contributed by atoms with Crippen LogP contribution in [0.2, 0.25) is 0 Å². The fourth-order valence-corrected chi connectivity index (χ4v) is 3.21. The van der Waals surface area contributed by atoms with E-state index in [2.05, 4.69) is 11.4 Å². The molecule has 3 rings (SSSR count). The van der Waals surface area contributed by atoms with Gasteiger partial charge in [-0.1, -0.05) is 42.5 Å². The standard InChI is InChI=1S/C23H24F2N2O.2ClH/c1-15(18-8-11-21(24)22(25)13-18)27-23(17-6-9-20(28-2)10-7-17)19-5-3-4-16(12-19)14-26;;/h3-13,15,23,27H,14,26H2,1-2H3;2*1H. The summed E-state index contributed by atoms with van der Waals surface area (Å²) in [6.45, 7) is 2.37. The minimum Gasteiger partial charge on any atom is -0.497 e. The molecule has 0 amide bonds. The Morgan fingerprint density at radius 3 is 2.13 bits per heavy atom. The van der Waals surface area contributed by atoms with E-state index in [0.29, 0.717) is 12.1 Å². The van der Waals surface area contributed by atoms with E-state index in [-0.39, 0.29) is 36.9 Å². The number of benzene rings is 3. The highest BCUT2D eigenvalue weighted by Gasteiger charge is 2.19. The summed E-state index contributed by atoms with van der Waals surface area (Å²) in [6.07, 6.45) is 0. The quantitative estimate of drug-likeness (QED) is 0.480. The molecule has 0 spiro atoms. The molecule has 0 bridgehead atoms. The number of nitrogens with one attached hydrogen (secondary N) is 1. The molecular weight excluding hydrogens is 429 g/mol. The molecular formula is C23H26Cl2F2N2O. The zero-order chi connectivity index (χ0) is 20.1. The zero-order valence-electron chi connectivity index (χ0n) is 16.8. The van der Waals surface area contributed by atoms with Crippen LogP contribution in [-0.4, -0.2) is 7.11 Å². The van der Waals surface area contributed by atoms with Gasteiger partial charge in [-0.2, -0.15) is 0 Å². The first-order chi connectivity index (χ1) is 13.5. The van der Waals surface area contributed by atoms with Gasteiger partial charge in [-0.05, 0) is 53.4 Å². The first-order valence-corrected chi connectivity index (χ1v) is 9.15. The van der Waals surface area contributed by atoms with Crippen molar-refractivity contribution < 1.29 is 13.5 Å². The molecule has 0 radical (unpaired) electrons. The molecule has 3 aromatic rings. The summed E-state index contributed by atoms with van der Waals surface area (Å²) in [7, 11) is 1.63. The summed E-state index contributed by atoms with van der Waals surface area (Å²) >= 11 is 0. The van der Waals surface area contributed by atoms with Crippen molar-refractivity contribution in [3.63, 3.8) is 0 Å². The van der Waals surface area contributed by atoms with Crippen LogP contribution in [0.15, 0.2) is 66.7 Å². The Hall–Kier alpha value is -2.18. The van der Waals surface area contributed by atoms with Crippen LogP contribution in [0.25, 0.3) is 0 Å². The van der Waals surface area contributed by atoms with Crippen LogP contribution >= 0.6 is 24.8 Å². The van der Waals surface area contributed by atoms with Gasteiger partial charge >= 0.3 is 0 Å². The maximum absolute atomic E-state index is 13.7. The van der Waals surface area contributed by atoms with E-state index in [4.69, 9.17) is 10.5 Å². The number of nitrogens with two attached hydrogens (primary N) is 1. The Morgan fingerprint density at radius 2 is 1.53 bits per heavy atom. The van der Waals surface area contributed by atoms with Gasteiger partial charge in [0.25, 0.3) is 0 Å². The van der Waals surface area contributed by atoms with Crippen molar-refractivity contribution in [2.75, 3.05) is 7.11 Å². The molecule has 3 aromatic carbocycles. The van der Waals surface area contributed by atoms with E-state index < -0.39 is 11.6 Å². The Labute approximate surface area is 188 Å². The van der Waals surface area contributed by atoms with Gasteiger partial charge in [0, 0.05) is 12.6 Å². The lowest BCUT2D eigenvalue weighted by atomic mass is 9.95. The lowest BCUT2D eigenvalue weighted by Gasteiger charge is -2.25. The molecule has 3 N–H and O–H groups in total. The second-order valence-corrected chi connectivity index (χ2v) is 6.72. The van der Waals surface area contributed by atoms with Crippen LogP contribution in [0.1, 0.15) is 41.3 Å². The molecule has 0 heterocycles. The molecule has 0 saturated heterocycles. The molecule has 0 fully saturated rings. The molecule has 30 heavy (non-hydrogen) atoms. The van der Waals surface area contributed by atoms with E-state index in [1.165, 1.54) is 6.07 Å². The number of hydrogen-bond acceptors (Lipinski definition) is 3. The largest absolute Gasteiger partial charge is 0.497 e. The molecule has 0 aliphatic heterocycles. The Kier molecular flexibility index (Phi) is 10.2. The molecule has 162 valence electrons. The predicted molar refractivity (Wildman–Crippen MR) is 122 cm³/mol. The summed E-state index contributed by atoms with van der Waals surface area (Å²) in [5.74, 6) is -0.928. The highest BCUT2D eigenvalue weighted by molar-refractivity contribution is 5.85. The number of halogens is 4. The van der Waals surface area contributed by atoms with Crippen LogP contribution in [0.5, 0.6) is 5.75 Å². The van der Waals surface area contributed by atoms with Gasteiger partial charge in [0.05, 0.1) is 13.2 Å². The fraction of sp³-hybridized carbons (Fsp3) is 0.217.